The smallest absolute Gasteiger partial charge is 0.326 e. The number of sulfone groups is 1. The Bertz CT molecular complexity index is 910. The lowest BCUT2D eigenvalue weighted by molar-refractivity contribution is -0.116. The summed E-state index contributed by atoms with van der Waals surface area (Å²) in [7, 11) is -4.87. The van der Waals surface area contributed by atoms with Crippen molar-refractivity contribution in [1.82, 2.24) is 0 Å². The van der Waals surface area contributed by atoms with E-state index < -0.39 is 26.4 Å². The van der Waals surface area contributed by atoms with E-state index in [0.717, 1.165) is 17.4 Å². The molecule has 0 aliphatic carbocycles. The van der Waals surface area contributed by atoms with Crippen LogP contribution >= 0.6 is 11.3 Å². The van der Waals surface area contributed by atoms with E-state index in [-0.39, 0.29) is 16.5 Å². The van der Waals surface area contributed by atoms with Crippen molar-refractivity contribution in [2.24, 2.45) is 0 Å². The Kier molecular flexibility index (Phi) is 6.43. The first-order chi connectivity index (χ1) is 12.3. The number of anilines is 2. The zero-order valence-electron chi connectivity index (χ0n) is 13.7. The summed E-state index contributed by atoms with van der Waals surface area (Å²) in [5.74, 6) is -4.61. The fourth-order valence-corrected chi connectivity index (χ4v) is 4.16. The molecule has 2 rings (SSSR count). The summed E-state index contributed by atoms with van der Waals surface area (Å²) in [5, 5.41) is 6.37. The van der Waals surface area contributed by atoms with Crippen molar-refractivity contribution in [1.29, 1.82) is 0 Å². The topological polar surface area (TPSA) is 92.3 Å². The molecule has 6 nitrogen and oxygen atoms in total. The highest BCUT2D eigenvalue weighted by atomic mass is 32.2. The Morgan fingerprint density at radius 1 is 1.15 bits per heavy atom. The van der Waals surface area contributed by atoms with Crippen LogP contribution in [0, 0.1) is 0 Å². The number of carbonyl (C=O) groups excluding carboxylic acids is 2. The molecule has 0 unspecified atom stereocenters. The van der Waals surface area contributed by atoms with Gasteiger partial charge in [0.2, 0.25) is 15.7 Å². The molecule has 26 heavy (non-hydrogen) atoms. The van der Waals surface area contributed by atoms with Crippen LogP contribution in [0.4, 0.5) is 20.2 Å². The van der Waals surface area contributed by atoms with Crippen molar-refractivity contribution >= 4 is 44.4 Å². The SMILES string of the molecule is CCCC(=O)Nc1cccc(NC(=O)c2sccc2S(=O)(=O)C(F)F)c1. The molecule has 0 saturated carbocycles. The van der Waals surface area contributed by atoms with E-state index in [4.69, 9.17) is 0 Å². The molecular formula is C16H16F2N2O4S2. The third-order valence-electron chi connectivity index (χ3n) is 3.26. The number of halogens is 2. The number of nitrogens with one attached hydrogen (secondary N) is 2. The molecule has 0 spiro atoms. The van der Waals surface area contributed by atoms with Gasteiger partial charge in [-0.05, 0) is 36.1 Å². The maximum Gasteiger partial charge on any atom is 0.341 e. The van der Waals surface area contributed by atoms with Crippen molar-refractivity contribution in [3.05, 3.63) is 40.6 Å². The summed E-state index contributed by atoms with van der Waals surface area (Å²) in [6, 6.07) is 7.20. The molecule has 1 aromatic carbocycles. The van der Waals surface area contributed by atoms with Crippen molar-refractivity contribution in [2.75, 3.05) is 10.6 Å². The van der Waals surface area contributed by atoms with Crippen molar-refractivity contribution in [3.63, 3.8) is 0 Å². The maximum atomic E-state index is 12.7. The summed E-state index contributed by atoms with van der Waals surface area (Å²) >= 11 is 0.748. The standard InChI is InChI=1S/C16H16F2N2O4S2/c1-2-4-13(21)19-10-5-3-6-11(9-10)20-15(22)14-12(7-8-25-14)26(23,24)16(17)18/h3,5-9,16H,2,4H2,1H3,(H,19,21)(H,20,22). The lowest BCUT2D eigenvalue weighted by Gasteiger charge is -2.09. The van der Waals surface area contributed by atoms with Crippen LogP contribution in [-0.2, 0) is 14.6 Å². The second-order valence-corrected chi connectivity index (χ2v) is 8.06. The molecule has 0 aliphatic heterocycles. The molecule has 1 aromatic heterocycles. The Morgan fingerprint density at radius 3 is 2.42 bits per heavy atom. The Labute approximate surface area is 153 Å². The van der Waals surface area contributed by atoms with Gasteiger partial charge in [-0.2, -0.15) is 8.78 Å². The summed E-state index contributed by atoms with van der Waals surface area (Å²) < 4.78 is 48.7. The average Bonchev–Trinajstić information content (AvgIpc) is 3.05. The first-order valence-corrected chi connectivity index (χ1v) is 9.99. The Morgan fingerprint density at radius 2 is 1.81 bits per heavy atom. The van der Waals surface area contributed by atoms with E-state index in [9.17, 15) is 26.8 Å². The van der Waals surface area contributed by atoms with Gasteiger partial charge in [0.25, 0.3) is 5.91 Å². The number of amides is 2. The normalized spacial score (nSPS) is 11.4. The number of benzene rings is 1. The van der Waals surface area contributed by atoms with Gasteiger partial charge in [0.1, 0.15) is 4.88 Å². The number of hydrogen-bond donors (Lipinski definition) is 2. The van der Waals surface area contributed by atoms with Gasteiger partial charge in [-0.15, -0.1) is 11.3 Å². The molecule has 10 heteroatoms. The predicted octanol–water partition coefficient (Wildman–Crippen LogP) is 3.74. The second-order valence-electron chi connectivity index (χ2n) is 5.25. The maximum absolute atomic E-state index is 12.7. The zero-order chi connectivity index (χ0) is 19.3. The summed E-state index contributed by atoms with van der Waals surface area (Å²) in [5.41, 5.74) is 0.742. The zero-order valence-corrected chi connectivity index (χ0v) is 15.3. The van der Waals surface area contributed by atoms with E-state index in [1.54, 1.807) is 12.1 Å². The predicted molar refractivity (Wildman–Crippen MR) is 95.4 cm³/mol. The van der Waals surface area contributed by atoms with E-state index in [1.165, 1.54) is 17.5 Å². The molecular weight excluding hydrogens is 386 g/mol. The van der Waals surface area contributed by atoms with Crippen LogP contribution in [0.2, 0.25) is 0 Å². The first-order valence-electron chi connectivity index (χ1n) is 7.56. The van der Waals surface area contributed by atoms with E-state index in [1.807, 2.05) is 6.92 Å². The van der Waals surface area contributed by atoms with Gasteiger partial charge in [0, 0.05) is 17.8 Å². The molecule has 0 saturated heterocycles. The molecule has 2 amide bonds. The van der Waals surface area contributed by atoms with E-state index in [2.05, 4.69) is 10.6 Å². The summed E-state index contributed by atoms with van der Waals surface area (Å²) in [6.07, 6.45) is 1.03. The molecule has 140 valence electrons. The van der Waals surface area contributed by atoms with Gasteiger partial charge in [-0.25, -0.2) is 8.42 Å². The van der Waals surface area contributed by atoms with Crippen LogP contribution in [0.1, 0.15) is 29.4 Å². The molecule has 1 heterocycles. The van der Waals surface area contributed by atoms with Crippen molar-refractivity contribution in [3.8, 4) is 0 Å². The molecule has 2 aromatic rings. The molecule has 0 aliphatic rings. The lowest BCUT2D eigenvalue weighted by atomic mass is 10.2. The van der Waals surface area contributed by atoms with Gasteiger partial charge in [-0.3, -0.25) is 9.59 Å². The fourth-order valence-electron chi connectivity index (χ4n) is 2.10. The molecule has 0 radical (unpaired) electrons. The highest BCUT2D eigenvalue weighted by Gasteiger charge is 2.32. The van der Waals surface area contributed by atoms with Crippen LogP contribution in [0.25, 0.3) is 0 Å². The highest BCUT2D eigenvalue weighted by Crippen LogP contribution is 2.28. The van der Waals surface area contributed by atoms with Gasteiger partial charge in [0.05, 0.1) is 4.90 Å². The minimum atomic E-state index is -4.87. The van der Waals surface area contributed by atoms with Gasteiger partial charge in [0.15, 0.2) is 0 Å². The van der Waals surface area contributed by atoms with Gasteiger partial charge in [-0.1, -0.05) is 13.0 Å². The van der Waals surface area contributed by atoms with Crippen LogP contribution in [-0.4, -0.2) is 26.0 Å². The summed E-state index contributed by atoms with van der Waals surface area (Å²) in [4.78, 5) is 22.9. The lowest BCUT2D eigenvalue weighted by Crippen LogP contribution is -2.18. The van der Waals surface area contributed by atoms with Crippen LogP contribution in [0.5, 0.6) is 0 Å². The molecule has 0 fully saturated rings. The quantitative estimate of drug-likeness (QED) is 0.738. The Balaban J connectivity index is 2.19. The van der Waals surface area contributed by atoms with Crippen LogP contribution < -0.4 is 10.6 Å². The van der Waals surface area contributed by atoms with Gasteiger partial charge >= 0.3 is 5.76 Å². The van der Waals surface area contributed by atoms with Crippen molar-refractivity contribution < 1.29 is 26.8 Å². The van der Waals surface area contributed by atoms with Gasteiger partial charge < -0.3 is 10.6 Å². The Hall–Kier alpha value is -2.33. The highest BCUT2D eigenvalue weighted by molar-refractivity contribution is 7.92. The number of alkyl halides is 2. The fraction of sp³-hybridized carbons (Fsp3) is 0.250. The molecule has 2 N–H and O–H groups in total. The van der Waals surface area contributed by atoms with E-state index >= 15 is 0 Å². The third-order valence-corrected chi connectivity index (χ3v) is 5.72. The number of rotatable bonds is 7. The number of hydrogen-bond acceptors (Lipinski definition) is 5. The van der Waals surface area contributed by atoms with Crippen molar-refractivity contribution in [2.45, 2.75) is 30.4 Å². The van der Waals surface area contributed by atoms with E-state index in [0.29, 0.717) is 18.5 Å². The summed E-state index contributed by atoms with van der Waals surface area (Å²) in [6.45, 7) is 1.86. The minimum Gasteiger partial charge on any atom is -0.326 e. The minimum absolute atomic E-state index is 0.181. The van der Waals surface area contributed by atoms with Crippen LogP contribution in [0.15, 0.2) is 40.6 Å². The van der Waals surface area contributed by atoms with Crippen LogP contribution in [0.3, 0.4) is 0 Å². The number of carbonyl (C=O) groups is 2. The largest absolute Gasteiger partial charge is 0.341 e. The molecule has 0 atom stereocenters. The molecule has 0 bridgehead atoms. The average molecular weight is 402 g/mol. The first kappa shape index (κ1) is 20.0. The third kappa shape index (κ3) is 4.64. The second kappa shape index (κ2) is 8.37. The monoisotopic (exact) mass is 402 g/mol. The number of thiophene rings is 1.